The average Bonchev–Trinajstić information content (AvgIpc) is 2.43. The summed E-state index contributed by atoms with van der Waals surface area (Å²) >= 11 is 1.90. The second kappa shape index (κ2) is 10.1. The minimum absolute atomic E-state index is 0.328. The zero-order valence-corrected chi connectivity index (χ0v) is 13.0. The summed E-state index contributed by atoms with van der Waals surface area (Å²) in [5.41, 5.74) is 1.25. The van der Waals surface area contributed by atoms with E-state index in [0.717, 1.165) is 30.4 Å². The minimum atomic E-state index is 0.328. The summed E-state index contributed by atoms with van der Waals surface area (Å²) < 4.78 is 10.8. The number of benzene rings is 1. The molecule has 1 N–H and O–H groups in total. The van der Waals surface area contributed by atoms with Crippen LogP contribution in [0, 0.1) is 0 Å². The molecule has 0 aliphatic heterocycles. The van der Waals surface area contributed by atoms with Gasteiger partial charge in [0.2, 0.25) is 0 Å². The summed E-state index contributed by atoms with van der Waals surface area (Å²) in [4.78, 5) is 0. The highest BCUT2D eigenvalue weighted by Gasteiger charge is 2.14. The normalized spacial score (nSPS) is 12.4. The van der Waals surface area contributed by atoms with Crippen LogP contribution in [-0.2, 0) is 4.74 Å². The van der Waals surface area contributed by atoms with Crippen LogP contribution in [0.3, 0.4) is 0 Å². The fraction of sp³-hybridized carbons (Fsp3) is 0.600. The number of rotatable bonds is 10. The first-order chi connectivity index (χ1) is 9.33. The third-order valence-corrected chi connectivity index (χ3v) is 3.79. The Kier molecular flexibility index (Phi) is 8.71. The SMILES string of the molecule is CCNC(CSCCOC)c1ccccc1OCC. The van der Waals surface area contributed by atoms with Gasteiger partial charge in [0, 0.05) is 30.2 Å². The quantitative estimate of drug-likeness (QED) is 0.668. The molecule has 0 saturated heterocycles. The van der Waals surface area contributed by atoms with E-state index in [1.807, 2.05) is 30.8 Å². The van der Waals surface area contributed by atoms with Crippen LogP contribution in [0.4, 0.5) is 0 Å². The average molecular weight is 283 g/mol. The van der Waals surface area contributed by atoms with Crippen molar-refractivity contribution in [1.82, 2.24) is 5.32 Å². The first kappa shape index (κ1) is 16.3. The van der Waals surface area contributed by atoms with E-state index < -0.39 is 0 Å². The van der Waals surface area contributed by atoms with Crippen molar-refractivity contribution in [3.8, 4) is 5.75 Å². The Morgan fingerprint density at radius 1 is 1.26 bits per heavy atom. The van der Waals surface area contributed by atoms with Gasteiger partial charge in [0.05, 0.1) is 13.2 Å². The molecule has 0 radical (unpaired) electrons. The molecule has 0 bridgehead atoms. The Balaban J connectivity index is 2.68. The van der Waals surface area contributed by atoms with Crippen LogP contribution in [0.1, 0.15) is 25.5 Å². The van der Waals surface area contributed by atoms with Gasteiger partial charge in [-0.2, -0.15) is 11.8 Å². The lowest BCUT2D eigenvalue weighted by Gasteiger charge is -2.21. The van der Waals surface area contributed by atoms with Crippen molar-refractivity contribution in [2.75, 3.05) is 38.4 Å². The summed E-state index contributed by atoms with van der Waals surface area (Å²) in [7, 11) is 1.74. The molecule has 3 nitrogen and oxygen atoms in total. The Hall–Kier alpha value is -0.710. The Morgan fingerprint density at radius 3 is 2.74 bits per heavy atom. The lowest BCUT2D eigenvalue weighted by molar-refractivity contribution is 0.218. The maximum Gasteiger partial charge on any atom is 0.124 e. The highest BCUT2D eigenvalue weighted by atomic mass is 32.2. The van der Waals surface area contributed by atoms with Gasteiger partial charge in [0.25, 0.3) is 0 Å². The maximum atomic E-state index is 5.72. The van der Waals surface area contributed by atoms with E-state index in [9.17, 15) is 0 Å². The van der Waals surface area contributed by atoms with E-state index in [2.05, 4.69) is 24.4 Å². The molecular formula is C15H25NO2S. The third-order valence-electron chi connectivity index (χ3n) is 2.76. The fourth-order valence-corrected chi connectivity index (χ4v) is 2.89. The van der Waals surface area contributed by atoms with Crippen LogP contribution in [-0.4, -0.2) is 38.4 Å². The fourth-order valence-electron chi connectivity index (χ4n) is 1.90. The van der Waals surface area contributed by atoms with E-state index in [-0.39, 0.29) is 0 Å². The van der Waals surface area contributed by atoms with Gasteiger partial charge < -0.3 is 14.8 Å². The number of nitrogens with one attached hydrogen (secondary N) is 1. The molecule has 108 valence electrons. The summed E-state index contributed by atoms with van der Waals surface area (Å²) in [6.07, 6.45) is 0. The highest BCUT2D eigenvalue weighted by Crippen LogP contribution is 2.27. The summed E-state index contributed by atoms with van der Waals surface area (Å²) in [6, 6.07) is 8.62. The van der Waals surface area contributed by atoms with Crippen LogP contribution in [0.2, 0.25) is 0 Å². The largest absolute Gasteiger partial charge is 0.494 e. The second-order valence-electron chi connectivity index (χ2n) is 4.15. The smallest absolute Gasteiger partial charge is 0.124 e. The van der Waals surface area contributed by atoms with E-state index >= 15 is 0 Å². The summed E-state index contributed by atoms with van der Waals surface area (Å²) in [5, 5.41) is 3.53. The zero-order chi connectivity index (χ0) is 13.9. The number of para-hydroxylation sites is 1. The molecule has 19 heavy (non-hydrogen) atoms. The van der Waals surface area contributed by atoms with E-state index in [0.29, 0.717) is 12.6 Å². The molecule has 0 spiro atoms. The first-order valence-corrected chi connectivity index (χ1v) is 8.00. The van der Waals surface area contributed by atoms with Gasteiger partial charge in [-0.25, -0.2) is 0 Å². The van der Waals surface area contributed by atoms with E-state index in [1.54, 1.807) is 7.11 Å². The Bertz CT molecular complexity index is 347. The van der Waals surface area contributed by atoms with Gasteiger partial charge in [-0.15, -0.1) is 0 Å². The van der Waals surface area contributed by atoms with Gasteiger partial charge in [0.15, 0.2) is 0 Å². The van der Waals surface area contributed by atoms with Crippen LogP contribution in [0.25, 0.3) is 0 Å². The number of hydrogen-bond acceptors (Lipinski definition) is 4. The lowest BCUT2D eigenvalue weighted by atomic mass is 10.1. The second-order valence-corrected chi connectivity index (χ2v) is 5.30. The molecule has 1 aromatic carbocycles. The number of ether oxygens (including phenoxy) is 2. The molecule has 1 unspecified atom stereocenters. The van der Waals surface area contributed by atoms with Crippen molar-refractivity contribution >= 4 is 11.8 Å². The third kappa shape index (κ3) is 5.85. The highest BCUT2D eigenvalue weighted by molar-refractivity contribution is 7.99. The van der Waals surface area contributed by atoms with Crippen molar-refractivity contribution in [1.29, 1.82) is 0 Å². The first-order valence-electron chi connectivity index (χ1n) is 6.85. The van der Waals surface area contributed by atoms with Gasteiger partial charge in [0.1, 0.15) is 5.75 Å². The molecular weight excluding hydrogens is 258 g/mol. The summed E-state index contributed by atoms with van der Waals surface area (Å²) in [6.45, 7) is 6.61. The van der Waals surface area contributed by atoms with Gasteiger partial charge in [-0.1, -0.05) is 25.1 Å². The van der Waals surface area contributed by atoms with Crippen molar-refractivity contribution in [3.63, 3.8) is 0 Å². The topological polar surface area (TPSA) is 30.5 Å². The lowest BCUT2D eigenvalue weighted by Crippen LogP contribution is -2.24. The molecule has 0 fully saturated rings. The zero-order valence-electron chi connectivity index (χ0n) is 12.1. The molecule has 0 heterocycles. The molecule has 1 rings (SSSR count). The standard InChI is InChI=1S/C15H25NO2S/c1-4-16-14(12-19-11-10-17-3)13-8-6-7-9-15(13)18-5-2/h6-9,14,16H,4-5,10-12H2,1-3H3. The van der Waals surface area contributed by atoms with Crippen LogP contribution in [0.5, 0.6) is 5.75 Å². The van der Waals surface area contributed by atoms with Gasteiger partial charge in [-0.3, -0.25) is 0 Å². The van der Waals surface area contributed by atoms with E-state index in [1.165, 1.54) is 5.56 Å². The van der Waals surface area contributed by atoms with E-state index in [4.69, 9.17) is 9.47 Å². The van der Waals surface area contributed by atoms with Gasteiger partial charge >= 0.3 is 0 Å². The number of methoxy groups -OCH3 is 1. The predicted octanol–water partition coefficient (Wildman–Crippen LogP) is 3.12. The molecule has 1 atom stereocenters. The molecule has 4 heteroatoms. The summed E-state index contributed by atoms with van der Waals surface area (Å²) in [5.74, 6) is 3.04. The van der Waals surface area contributed by atoms with Gasteiger partial charge in [-0.05, 0) is 19.5 Å². The predicted molar refractivity (Wildman–Crippen MR) is 83.2 cm³/mol. The molecule has 0 saturated carbocycles. The van der Waals surface area contributed by atoms with Crippen LogP contribution < -0.4 is 10.1 Å². The maximum absolute atomic E-state index is 5.72. The Morgan fingerprint density at radius 2 is 2.05 bits per heavy atom. The monoisotopic (exact) mass is 283 g/mol. The molecule has 0 amide bonds. The minimum Gasteiger partial charge on any atom is -0.494 e. The van der Waals surface area contributed by atoms with Crippen molar-refractivity contribution in [2.45, 2.75) is 19.9 Å². The number of hydrogen-bond donors (Lipinski definition) is 1. The Labute approximate surface area is 121 Å². The van der Waals surface area contributed by atoms with Crippen LogP contribution in [0.15, 0.2) is 24.3 Å². The number of thioether (sulfide) groups is 1. The van der Waals surface area contributed by atoms with Crippen molar-refractivity contribution in [3.05, 3.63) is 29.8 Å². The molecule has 0 aliphatic carbocycles. The molecule has 1 aromatic rings. The molecule has 0 aliphatic rings. The van der Waals surface area contributed by atoms with Crippen molar-refractivity contribution in [2.24, 2.45) is 0 Å². The molecule has 0 aromatic heterocycles. The van der Waals surface area contributed by atoms with Crippen LogP contribution >= 0.6 is 11.8 Å². The van der Waals surface area contributed by atoms with Crippen molar-refractivity contribution < 1.29 is 9.47 Å².